The van der Waals surface area contributed by atoms with E-state index in [1.807, 2.05) is 7.05 Å². The zero-order chi connectivity index (χ0) is 20.1. The van der Waals surface area contributed by atoms with Gasteiger partial charge in [-0.2, -0.15) is 0 Å². The largest absolute Gasteiger partial charge is 0.493 e. The quantitative estimate of drug-likeness (QED) is 0.845. The molecule has 2 heterocycles. The van der Waals surface area contributed by atoms with Crippen molar-refractivity contribution in [3.05, 3.63) is 47.8 Å². The molecule has 148 valence electrons. The van der Waals surface area contributed by atoms with Gasteiger partial charge in [-0.1, -0.05) is 6.07 Å². The summed E-state index contributed by atoms with van der Waals surface area (Å²) in [6.45, 7) is 2.95. The molecule has 0 bridgehead atoms. The summed E-state index contributed by atoms with van der Waals surface area (Å²) in [5, 5.41) is 2.77. The molecule has 0 atom stereocenters. The molecule has 1 N–H and O–H groups in total. The lowest BCUT2D eigenvalue weighted by molar-refractivity contribution is 0.0658. The molecule has 0 spiro atoms. The number of carbonyl (C=O) groups excluding carboxylic acids is 2. The van der Waals surface area contributed by atoms with E-state index >= 15 is 0 Å². The third-order valence-electron chi connectivity index (χ3n) is 4.63. The van der Waals surface area contributed by atoms with Crippen LogP contribution in [0.25, 0.3) is 0 Å². The van der Waals surface area contributed by atoms with Crippen LogP contribution < -0.4 is 14.8 Å². The first kappa shape index (κ1) is 19.6. The van der Waals surface area contributed by atoms with Crippen LogP contribution in [-0.4, -0.2) is 74.0 Å². The van der Waals surface area contributed by atoms with E-state index < -0.39 is 5.91 Å². The van der Waals surface area contributed by atoms with E-state index in [4.69, 9.17) is 9.47 Å². The molecular formula is C20H24N4O4. The highest BCUT2D eigenvalue weighted by molar-refractivity contribution is 6.04. The van der Waals surface area contributed by atoms with Gasteiger partial charge in [-0.15, -0.1) is 0 Å². The predicted molar refractivity (Wildman–Crippen MR) is 105 cm³/mol. The van der Waals surface area contributed by atoms with Gasteiger partial charge in [0.1, 0.15) is 11.4 Å². The van der Waals surface area contributed by atoms with Crippen molar-refractivity contribution in [2.75, 3.05) is 52.8 Å². The lowest BCUT2D eigenvalue weighted by Gasteiger charge is -2.32. The molecule has 1 aromatic heterocycles. The third-order valence-corrected chi connectivity index (χ3v) is 4.63. The van der Waals surface area contributed by atoms with Crippen LogP contribution in [0, 0.1) is 0 Å². The van der Waals surface area contributed by atoms with Crippen molar-refractivity contribution >= 4 is 17.5 Å². The van der Waals surface area contributed by atoms with Crippen molar-refractivity contribution < 1.29 is 19.1 Å². The Labute approximate surface area is 164 Å². The van der Waals surface area contributed by atoms with E-state index in [1.54, 1.807) is 48.4 Å². The summed E-state index contributed by atoms with van der Waals surface area (Å²) < 4.78 is 10.4. The standard InChI is InChI=1S/C20H24N4O4/c1-23-9-11-24(12-10-23)20(26)16-6-4-5-15(22-16)19(25)21-14-7-8-17(27-2)18(13-14)28-3/h4-8,13H,9-12H2,1-3H3,(H,21,25). The number of hydrogen-bond donors (Lipinski definition) is 1. The molecule has 1 fully saturated rings. The van der Waals surface area contributed by atoms with Crippen molar-refractivity contribution in [1.29, 1.82) is 0 Å². The zero-order valence-corrected chi connectivity index (χ0v) is 16.3. The number of benzene rings is 1. The molecule has 1 aliphatic heterocycles. The summed E-state index contributed by atoms with van der Waals surface area (Å²) in [5.74, 6) is 0.514. The van der Waals surface area contributed by atoms with Crippen LogP contribution in [0.15, 0.2) is 36.4 Å². The second-order valence-electron chi connectivity index (χ2n) is 6.53. The molecule has 1 saturated heterocycles. The van der Waals surface area contributed by atoms with Crippen LogP contribution >= 0.6 is 0 Å². The van der Waals surface area contributed by atoms with Crippen LogP contribution in [0.5, 0.6) is 11.5 Å². The van der Waals surface area contributed by atoms with Crippen molar-refractivity contribution in [2.45, 2.75) is 0 Å². The highest BCUT2D eigenvalue weighted by atomic mass is 16.5. The predicted octanol–water partition coefficient (Wildman–Crippen LogP) is 1.74. The lowest BCUT2D eigenvalue weighted by Crippen LogP contribution is -2.47. The smallest absolute Gasteiger partial charge is 0.274 e. The molecule has 3 rings (SSSR count). The Bertz CT molecular complexity index is 863. The second-order valence-corrected chi connectivity index (χ2v) is 6.53. The summed E-state index contributed by atoms with van der Waals surface area (Å²) in [4.78, 5) is 33.5. The van der Waals surface area contributed by atoms with Crippen LogP contribution in [-0.2, 0) is 0 Å². The van der Waals surface area contributed by atoms with Crippen LogP contribution in [0.2, 0.25) is 0 Å². The Morgan fingerprint density at radius 1 is 0.964 bits per heavy atom. The number of nitrogens with one attached hydrogen (secondary N) is 1. The summed E-state index contributed by atoms with van der Waals surface area (Å²) >= 11 is 0. The maximum atomic E-state index is 12.7. The van der Waals surface area contributed by atoms with Gasteiger partial charge >= 0.3 is 0 Å². The van der Waals surface area contributed by atoms with E-state index in [1.165, 1.54) is 7.11 Å². The number of methoxy groups -OCH3 is 2. The molecule has 28 heavy (non-hydrogen) atoms. The van der Waals surface area contributed by atoms with Crippen LogP contribution in [0.4, 0.5) is 5.69 Å². The maximum Gasteiger partial charge on any atom is 0.274 e. The molecular weight excluding hydrogens is 360 g/mol. The van der Waals surface area contributed by atoms with E-state index in [0.717, 1.165) is 13.1 Å². The fourth-order valence-electron chi connectivity index (χ4n) is 2.96. The third kappa shape index (κ3) is 4.40. The maximum absolute atomic E-state index is 12.7. The number of piperazine rings is 1. The van der Waals surface area contributed by atoms with E-state index in [0.29, 0.717) is 30.3 Å². The van der Waals surface area contributed by atoms with Gasteiger partial charge in [0.25, 0.3) is 11.8 Å². The van der Waals surface area contributed by atoms with Gasteiger partial charge in [-0.3, -0.25) is 9.59 Å². The number of rotatable bonds is 5. The molecule has 0 radical (unpaired) electrons. The van der Waals surface area contributed by atoms with Crippen molar-refractivity contribution in [3.63, 3.8) is 0 Å². The van der Waals surface area contributed by atoms with Gasteiger partial charge in [-0.05, 0) is 31.3 Å². The fraction of sp³-hybridized carbons (Fsp3) is 0.350. The van der Waals surface area contributed by atoms with Gasteiger partial charge < -0.3 is 24.6 Å². The molecule has 0 unspecified atom stereocenters. The molecule has 8 nitrogen and oxygen atoms in total. The van der Waals surface area contributed by atoms with Crippen molar-refractivity contribution in [3.8, 4) is 11.5 Å². The number of aromatic nitrogens is 1. The minimum Gasteiger partial charge on any atom is -0.493 e. The molecule has 8 heteroatoms. The summed E-state index contributed by atoms with van der Waals surface area (Å²) in [6, 6.07) is 9.95. The molecule has 2 aromatic rings. The number of likely N-dealkylation sites (N-methyl/N-ethyl adjacent to an activating group) is 1. The number of anilines is 1. The SMILES string of the molecule is COc1ccc(NC(=O)c2cccc(C(=O)N3CCN(C)CC3)n2)cc1OC. The highest BCUT2D eigenvalue weighted by Crippen LogP contribution is 2.29. The lowest BCUT2D eigenvalue weighted by atomic mass is 10.2. The number of amides is 2. The number of carbonyl (C=O) groups is 2. The van der Waals surface area contributed by atoms with Gasteiger partial charge in [-0.25, -0.2) is 4.98 Å². The number of hydrogen-bond acceptors (Lipinski definition) is 6. The number of nitrogens with zero attached hydrogens (tertiary/aromatic N) is 3. The Morgan fingerprint density at radius 3 is 2.32 bits per heavy atom. The average Bonchev–Trinajstić information content (AvgIpc) is 2.73. The topological polar surface area (TPSA) is 84.0 Å². The Kier molecular flexibility index (Phi) is 6.10. The first-order chi connectivity index (χ1) is 13.5. The Balaban J connectivity index is 1.73. The molecule has 0 aliphatic carbocycles. The van der Waals surface area contributed by atoms with E-state index in [-0.39, 0.29) is 17.3 Å². The summed E-state index contributed by atoms with van der Waals surface area (Å²) in [7, 11) is 5.10. The van der Waals surface area contributed by atoms with Crippen molar-refractivity contribution in [1.82, 2.24) is 14.8 Å². The average molecular weight is 384 g/mol. The first-order valence-corrected chi connectivity index (χ1v) is 9.00. The fourth-order valence-corrected chi connectivity index (χ4v) is 2.96. The van der Waals surface area contributed by atoms with Crippen LogP contribution in [0.1, 0.15) is 21.0 Å². The highest BCUT2D eigenvalue weighted by Gasteiger charge is 2.22. The molecule has 0 saturated carbocycles. The van der Waals surface area contributed by atoms with E-state index in [2.05, 4.69) is 15.2 Å². The molecule has 2 amide bonds. The summed E-state index contributed by atoms with van der Waals surface area (Å²) in [6.07, 6.45) is 0. The Morgan fingerprint density at radius 2 is 1.64 bits per heavy atom. The minimum absolute atomic E-state index is 0.158. The number of pyridine rings is 1. The normalized spacial score (nSPS) is 14.5. The van der Waals surface area contributed by atoms with Crippen LogP contribution in [0.3, 0.4) is 0 Å². The second kappa shape index (κ2) is 8.71. The summed E-state index contributed by atoms with van der Waals surface area (Å²) in [5.41, 5.74) is 0.986. The first-order valence-electron chi connectivity index (χ1n) is 9.00. The molecule has 1 aliphatic rings. The number of ether oxygens (including phenoxy) is 2. The monoisotopic (exact) mass is 384 g/mol. The molecule has 1 aromatic carbocycles. The van der Waals surface area contributed by atoms with Gasteiger partial charge in [0.2, 0.25) is 0 Å². The van der Waals surface area contributed by atoms with Crippen molar-refractivity contribution in [2.24, 2.45) is 0 Å². The zero-order valence-electron chi connectivity index (χ0n) is 16.3. The van der Waals surface area contributed by atoms with Gasteiger partial charge in [0.05, 0.1) is 14.2 Å². The Hall–Kier alpha value is -3.13. The van der Waals surface area contributed by atoms with E-state index in [9.17, 15) is 9.59 Å². The van der Waals surface area contributed by atoms with Gasteiger partial charge in [0, 0.05) is 37.9 Å². The minimum atomic E-state index is -0.403. The van der Waals surface area contributed by atoms with Gasteiger partial charge in [0.15, 0.2) is 11.5 Å².